The Morgan fingerprint density at radius 3 is 3.20 bits per heavy atom. The van der Waals surface area contributed by atoms with Crippen LogP contribution in [0.1, 0.15) is 12.0 Å². The van der Waals surface area contributed by atoms with Crippen LogP contribution in [-0.4, -0.2) is 20.3 Å². The first-order valence-corrected chi connectivity index (χ1v) is 5.31. The predicted octanol–water partition coefficient (Wildman–Crippen LogP) is 2.45. The summed E-state index contributed by atoms with van der Waals surface area (Å²) in [4.78, 5) is 0. The number of fused-ring (bicyclic) bond motifs is 1. The number of para-hydroxylation sites is 1. The van der Waals surface area contributed by atoms with Crippen LogP contribution in [0, 0.1) is 11.7 Å². The molecule has 1 aliphatic rings. The molecule has 0 fully saturated rings. The third-order valence-electron chi connectivity index (χ3n) is 2.91. The minimum absolute atomic E-state index is 0.141. The molecule has 1 atom stereocenters. The van der Waals surface area contributed by atoms with Crippen LogP contribution in [0.5, 0.6) is 0 Å². The Morgan fingerprint density at radius 1 is 1.53 bits per heavy atom. The first kappa shape index (κ1) is 10.4. The molecule has 1 aromatic carbocycles. The van der Waals surface area contributed by atoms with Crippen molar-refractivity contribution in [3.63, 3.8) is 0 Å². The van der Waals surface area contributed by atoms with Gasteiger partial charge in [0.25, 0.3) is 0 Å². The molecule has 1 N–H and O–H groups in total. The predicted molar refractivity (Wildman–Crippen MR) is 58.6 cm³/mol. The van der Waals surface area contributed by atoms with Gasteiger partial charge in [-0.1, -0.05) is 12.1 Å². The Balaban J connectivity index is 2.07. The van der Waals surface area contributed by atoms with Gasteiger partial charge in [0.2, 0.25) is 0 Å². The summed E-state index contributed by atoms with van der Waals surface area (Å²) in [6.45, 7) is 1.62. The van der Waals surface area contributed by atoms with Crippen molar-refractivity contribution >= 4 is 5.69 Å². The SMILES string of the molecule is COCCC1CNc2c(F)cccc2C1. The molecule has 0 saturated carbocycles. The Bertz CT molecular complexity index is 340. The van der Waals surface area contributed by atoms with Gasteiger partial charge in [0, 0.05) is 20.3 Å². The highest BCUT2D eigenvalue weighted by Crippen LogP contribution is 2.28. The van der Waals surface area contributed by atoms with Crippen LogP contribution in [0.3, 0.4) is 0 Å². The molecule has 1 aliphatic heterocycles. The van der Waals surface area contributed by atoms with Crippen molar-refractivity contribution in [2.75, 3.05) is 25.6 Å². The van der Waals surface area contributed by atoms with Gasteiger partial charge in [0.1, 0.15) is 5.82 Å². The number of benzene rings is 1. The third-order valence-corrected chi connectivity index (χ3v) is 2.91. The molecule has 0 saturated heterocycles. The van der Waals surface area contributed by atoms with Gasteiger partial charge in [-0.25, -0.2) is 4.39 Å². The fourth-order valence-corrected chi connectivity index (χ4v) is 2.06. The van der Waals surface area contributed by atoms with Crippen molar-refractivity contribution in [3.05, 3.63) is 29.6 Å². The monoisotopic (exact) mass is 209 g/mol. The molecule has 0 bridgehead atoms. The highest BCUT2D eigenvalue weighted by molar-refractivity contribution is 5.54. The second-order valence-corrected chi connectivity index (χ2v) is 4.01. The Kier molecular flexibility index (Phi) is 3.21. The van der Waals surface area contributed by atoms with E-state index in [0.29, 0.717) is 11.6 Å². The normalized spacial score (nSPS) is 19.5. The summed E-state index contributed by atoms with van der Waals surface area (Å²) in [6, 6.07) is 5.26. The summed E-state index contributed by atoms with van der Waals surface area (Å²) in [5, 5.41) is 3.16. The largest absolute Gasteiger partial charge is 0.385 e. The maximum Gasteiger partial charge on any atom is 0.146 e. The molecule has 1 unspecified atom stereocenters. The minimum atomic E-state index is -0.141. The number of methoxy groups -OCH3 is 1. The molecule has 1 heterocycles. The van der Waals surface area contributed by atoms with Gasteiger partial charge in [0.05, 0.1) is 5.69 Å². The van der Waals surface area contributed by atoms with Gasteiger partial charge in [-0.3, -0.25) is 0 Å². The van der Waals surface area contributed by atoms with Gasteiger partial charge < -0.3 is 10.1 Å². The smallest absolute Gasteiger partial charge is 0.146 e. The van der Waals surface area contributed by atoms with E-state index in [4.69, 9.17) is 4.74 Å². The standard InChI is InChI=1S/C12H16FNO/c1-15-6-5-9-7-10-3-2-4-11(13)12(10)14-8-9/h2-4,9,14H,5-8H2,1H3. The average Bonchev–Trinajstić information content (AvgIpc) is 2.26. The van der Waals surface area contributed by atoms with E-state index in [-0.39, 0.29) is 5.82 Å². The molecule has 0 amide bonds. The van der Waals surface area contributed by atoms with Crippen LogP contribution in [0.2, 0.25) is 0 Å². The van der Waals surface area contributed by atoms with Crippen LogP contribution >= 0.6 is 0 Å². The first-order chi connectivity index (χ1) is 7.31. The highest BCUT2D eigenvalue weighted by atomic mass is 19.1. The van der Waals surface area contributed by atoms with Crippen molar-refractivity contribution in [2.45, 2.75) is 12.8 Å². The second-order valence-electron chi connectivity index (χ2n) is 4.01. The molecule has 2 nitrogen and oxygen atoms in total. The molecule has 0 aromatic heterocycles. The van der Waals surface area contributed by atoms with Crippen molar-refractivity contribution in [3.8, 4) is 0 Å². The van der Waals surface area contributed by atoms with Gasteiger partial charge in [-0.2, -0.15) is 0 Å². The summed E-state index contributed by atoms with van der Waals surface area (Å²) in [5.41, 5.74) is 1.77. The molecule has 15 heavy (non-hydrogen) atoms. The van der Waals surface area contributed by atoms with Gasteiger partial charge in [-0.15, -0.1) is 0 Å². The van der Waals surface area contributed by atoms with Crippen LogP contribution < -0.4 is 5.32 Å². The number of halogens is 1. The Labute approximate surface area is 89.4 Å². The third kappa shape index (κ3) is 2.29. The van der Waals surface area contributed by atoms with Crippen LogP contribution in [0.15, 0.2) is 18.2 Å². The lowest BCUT2D eigenvalue weighted by Crippen LogP contribution is -2.24. The summed E-state index contributed by atoms with van der Waals surface area (Å²) in [7, 11) is 1.71. The minimum Gasteiger partial charge on any atom is -0.385 e. The van der Waals surface area contributed by atoms with Gasteiger partial charge in [0.15, 0.2) is 0 Å². The van der Waals surface area contributed by atoms with Crippen molar-refractivity contribution in [1.82, 2.24) is 0 Å². The zero-order chi connectivity index (χ0) is 10.7. The number of nitrogens with one attached hydrogen (secondary N) is 1. The molecule has 0 spiro atoms. The molecule has 82 valence electrons. The van der Waals surface area contributed by atoms with E-state index in [0.717, 1.165) is 31.6 Å². The summed E-state index contributed by atoms with van der Waals surface area (Å²) < 4.78 is 18.4. The maximum atomic E-state index is 13.4. The summed E-state index contributed by atoms with van der Waals surface area (Å²) >= 11 is 0. The fourth-order valence-electron chi connectivity index (χ4n) is 2.06. The van der Waals surface area contributed by atoms with Crippen LogP contribution in [-0.2, 0) is 11.2 Å². The van der Waals surface area contributed by atoms with Crippen molar-refractivity contribution < 1.29 is 9.13 Å². The lowest BCUT2D eigenvalue weighted by molar-refractivity contribution is 0.178. The topological polar surface area (TPSA) is 21.3 Å². The number of hydrogen-bond acceptors (Lipinski definition) is 2. The molecular weight excluding hydrogens is 193 g/mol. The van der Waals surface area contributed by atoms with Gasteiger partial charge in [-0.05, 0) is 30.4 Å². The number of ether oxygens (including phenoxy) is 1. The van der Waals surface area contributed by atoms with E-state index in [9.17, 15) is 4.39 Å². The number of hydrogen-bond donors (Lipinski definition) is 1. The Hall–Kier alpha value is -1.09. The summed E-state index contributed by atoms with van der Waals surface area (Å²) in [6.07, 6.45) is 1.98. The zero-order valence-electron chi connectivity index (χ0n) is 8.92. The van der Waals surface area contributed by atoms with E-state index in [1.165, 1.54) is 6.07 Å². The van der Waals surface area contributed by atoms with E-state index in [2.05, 4.69) is 5.32 Å². The van der Waals surface area contributed by atoms with Gasteiger partial charge >= 0.3 is 0 Å². The van der Waals surface area contributed by atoms with E-state index in [1.54, 1.807) is 13.2 Å². The summed E-state index contributed by atoms with van der Waals surface area (Å²) in [5.74, 6) is 0.414. The lowest BCUT2D eigenvalue weighted by Gasteiger charge is -2.26. The maximum absolute atomic E-state index is 13.4. The fraction of sp³-hybridized carbons (Fsp3) is 0.500. The van der Waals surface area contributed by atoms with E-state index >= 15 is 0 Å². The van der Waals surface area contributed by atoms with Crippen molar-refractivity contribution in [1.29, 1.82) is 0 Å². The molecule has 0 aliphatic carbocycles. The van der Waals surface area contributed by atoms with Crippen LogP contribution in [0.4, 0.5) is 10.1 Å². The quantitative estimate of drug-likeness (QED) is 0.825. The lowest BCUT2D eigenvalue weighted by atomic mass is 9.91. The average molecular weight is 209 g/mol. The molecule has 0 radical (unpaired) electrons. The molecular formula is C12H16FNO. The molecule has 3 heteroatoms. The van der Waals surface area contributed by atoms with E-state index < -0.39 is 0 Å². The molecule has 2 rings (SSSR count). The Morgan fingerprint density at radius 2 is 2.40 bits per heavy atom. The molecule has 1 aromatic rings. The number of rotatable bonds is 3. The zero-order valence-corrected chi connectivity index (χ0v) is 8.92. The number of anilines is 1. The van der Waals surface area contributed by atoms with Crippen LogP contribution in [0.25, 0.3) is 0 Å². The van der Waals surface area contributed by atoms with E-state index in [1.807, 2.05) is 6.07 Å². The second kappa shape index (κ2) is 4.62. The highest BCUT2D eigenvalue weighted by Gasteiger charge is 2.19. The van der Waals surface area contributed by atoms with Crippen molar-refractivity contribution in [2.24, 2.45) is 5.92 Å². The first-order valence-electron chi connectivity index (χ1n) is 5.31.